The van der Waals surface area contributed by atoms with Crippen molar-refractivity contribution in [1.29, 1.82) is 0 Å². The van der Waals surface area contributed by atoms with Crippen LogP contribution >= 0.6 is 0 Å². The molecule has 2 fully saturated rings. The van der Waals surface area contributed by atoms with Crippen molar-refractivity contribution in [2.75, 3.05) is 26.4 Å². The Labute approximate surface area is 112 Å². The van der Waals surface area contributed by atoms with E-state index in [1.54, 1.807) is 0 Å². The number of carbonyl (C=O) groups is 2. The minimum absolute atomic E-state index is 0.125. The smallest absolute Gasteiger partial charge is 0.306 e. The van der Waals surface area contributed by atoms with Crippen LogP contribution < -0.4 is 5.32 Å². The molecule has 1 unspecified atom stereocenters. The molecule has 2 N–H and O–H groups in total. The molecule has 0 aromatic rings. The molecule has 0 bridgehead atoms. The number of hydrogen-bond acceptors (Lipinski definition) is 4. The van der Waals surface area contributed by atoms with Gasteiger partial charge in [0.25, 0.3) is 5.91 Å². The zero-order chi connectivity index (χ0) is 13.7. The Hall–Kier alpha value is -1.14. The molecule has 1 heterocycles. The molecule has 0 radical (unpaired) electrons. The van der Waals surface area contributed by atoms with Gasteiger partial charge in [0.05, 0.1) is 25.7 Å². The van der Waals surface area contributed by atoms with Gasteiger partial charge in [-0.2, -0.15) is 0 Å². The highest BCUT2D eigenvalue weighted by atomic mass is 16.6. The summed E-state index contributed by atoms with van der Waals surface area (Å²) in [6.07, 6.45) is 2.64. The van der Waals surface area contributed by atoms with E-state index in [0.717, 1.165) is 12.8 Å². The lowest BCUT2D eigenvalue weighted by Gasteiger charge is -2.27. The van der Waals surface area contributed by atoms with Crippen molar-refractivity contribution in [3.63, 3.8) is 0 Å². The zero-order valence-corrected chi connectivity index (χ0v) is 11.0. The normalized spacial score (nSPS) is 31.7. The van der Waals surface area contributed by atoms with Crippen LogP contribution in [0.2, 0.25) is 0 Å². The molecule has 1 saturated heterocycles. The summed E-state index contributed by atoms with van der Waals surface area (Å²) in [5.41, 5.74) is 0. The Bertz CT molecular complexity index is 319. The van der Waals surface area contributed by atoms with Crippen molar-refractivity contribution in [2.24, 2.45) is 11.8 Å². The second-order valence-corrected chi connectivity index (χ2v) is 5.24. The number of carbonyl (C=O) groups excluding carboxylic acids is 1. The first-order valence-corrected chi connectivity index (χ1v) is 6.86. The van der Waals surface area contributed by atoms with Gasteiger partial charge in [0.15, 0.2) is 6.10 Å². The van der Waals surface area contributed by atoms with Crippen LogP contribution in [0.5, 0.6) is 0 Å². The Morgan fingerprint density at radius 1 is 1.16 bits per heavy atom. The lowest BCUT2D eigenvalue weighted by atomic mass is 9.82. The highest BCUT2D eigenvalue weighted by Crippen LogP contribution is 2.28. The predicted octanol–water partition coefficient (Wildman–Crippen LogP) is 0.409. The number of hydrogen-bond donors (Lipinski definition) is 2. The van der Waals surface area contributed by atoms with Gasteiger partial charge in [0.1, 0.15) is 0 Å². The Morgan fingerprint density at radius 3 is 2.47 bits per heavy atom. The molecule has 0 aromatic heterocycles. The predicted molar refractivity (Wildman–Crippen MR) is 66.7 cm³/mol. The number of ether oxygens (including phenoxy) is 2. The van der Waals surface area contributed by atoms with Crippen LogP contribution in [0.25, 0.3) is 0 Å². The standard InChI is InChI=1S/C13H21NO5/c15-12(11-8-18-5-6-19-11)14-7-9-1-3-10(4-2-9)13(16)17/h9-11H,1-8H2,(H,14,15)(H,16,17). The summed E-state index contributed by atoms with van der Waals surface area (Å²) in [5, 5.41) is 11.8. The van der Waals surface area contributed by atoms with E-state index in [2.05, 4.69) is 5.32 Å². The van der Waals surface area contributed by atoms with E-state index in [9.17, 15) is 9.59 Å². The lowest BCUT2D eigenvalue weighted by molar-refractivity contribution is -0.148. The molecule has 1 aliphatic heterocycles. The highest BCUT2D eigenvalue weighted by Gasteiger charge is 2.27. The van der Waals surface area contributed by atoms with Crippen LogP contribution in [0, 0.1) is 11.8 Å². The summed E-state index contributed by atoms with van der Waals surface area (Å²) in [6.45, 7) is 1.92. The fraction of sp³-hybridized carbons (Fsp3) is 0.846. The number of carboxylic acid groups (broad SMARTS) is 1. The van der Waals surface area contributed by atoms with E-state index >= 15 is 0 Å². The molecular formula is C13H21NO5. The van der Waals surface area contributed by atoms with Gasteiger partial charge in [-0.05, 0) is 31.6 Å². The van der Waals surface area contributed by atoms with Crippen molar-refractivity contribution in [1.82, 2.24) is 5.32 Å². The molecule has 2 aliphatic rings. The molecule has 19 heavy (non-hydrogen) atoms. The molecule has 1 aliphatic carbocycles. The van der Waals surface area contributed by atoms with Gasteiger partial charge in [0, 0.05) is 6.54 Å². The molecule has 108 valence electrons. The van der Waals surface area contributed by atoms with Crippen molar-refractivity contribution in [3.05, 3.63) is 0 Å². The van der Waals surface area contributed by atoms with Crippen LogP contribution in [0.4, 0.5) is 0 Å². The average Bonchev–Trinajstić information content (AvgIpc) is 2.46. The van der Waals surface area contributed by atoms with Crippen LogP contribution in [0.15, 0.2) is 0 Å². The second kappa shape index (κ2) is 6.86. The number of rotatable bonds is 4. The lowest BCUT2D eigenvalue weighted by Crippen LogP contribution is -2.44. The molecule has 0 aromatic carbocycles. The maximum atomic E-state index is 11.8. The minimum Gasteiger partial charge on any atom is -0.481 e. The Balaban J connectivity index is 1.66. The van der Waals surface area contributed by atoms with Gasteiger partial charge in [-0.15, -0.1) is 0 Å². The fourth-order valence-corrected chi connectivity index (χ4v) is 2.61. The van der Waals surface area contributed by atoms with Crippen LogP contribution in [0.1, 0.15) is 25.7 Å². The maximum absolute atomic E-state index is 11.8. The largest absolute Gasteiger partial charge is 0.481 e. The van der Waals surface area contributed by atoms with E-state index < -0.39 is 12.1 Å². The highest BCUT2D eigenvalue weighted by molar-refractivity contribution is 5.81. The summed E-state index contributed by atoms with van der Waals surface area (Å²) in [5.74, 6) is -0.651. The molecule has 1 amide bonds. The minimum atomic E-state index is -0.699. The van der Waals surface area contributed by atoms with Crippen LogP contribution in [0.3, 0.4) is 0 Å². The zero-order valence-electron chi connectivity index (χ0n) is 11.0. The third-order valence-electron chi connectivity index (χ3n) is 3.87. The second-order valence-electron chi connectivity index (χ2n) is 5.24. The van der Waals surface area contributed by atoms with E-state index in [1.807, 2.05) is 0 Å². The molecular weight excluding hydrogens is 250 g/mol. The van der Waals surface area contributed by atoms with Crippen LogP contribution in [-0.2, 0) is 19.1 Å². The van der Waals surface area contributed by atoms with Gasteiger partial charge < -0.3 is 19.9 Å². The first-order valence-electron chi connectivity index (χ1n) is 6.86. The maximum Gasteiger partial charge on any atom is 0.306 e. The summed E-state index contributed by atoms with van der Waals surface area (Å²) < 4.78 is 10.5. The molecule has 1 saturated carbocycles. The van der Waals surface area contributed by atoms with Gasteiger partial charge in [-0.3, -0.25) is 9.59 Å². The number of aliphatic carboxylic acids is 1. The van der Waals surface area contributed by atoms with E-state index in [4.69, 9.17) is 14.6 Å². The number of carboxylic acids is 1. The van der Waals surface area contributed by atoms with Gasteiger partial charge in [-0.25, -0.2) is 0 Å². The average molecular weight is 271 g/mol. The summed E-state index contributed by atoms with van der Waals surface area (Å²) >= 11 is 0. The molecule has 1 atom stereocenters. The summed E-state index contributed by atoms with van der Waals surface area (Å²) in [7, 11) is 0. The fourth-order valence-electron chi connectivity index (χ4n) is 2.61. The van der Waals surface area contributed by atoms with Crippen molar-refractivity contribution in [2.45, 2.75) is 31.8 Å². The first kappa shape index (κ1) is 14.3. The quantitative estimate of drug-likeness (QED) is 0.773. The Kier molecular flexibility index (Phi) is 5.15. The van der Waals surface area contributed by atoms with E-state index in [-0.39, 0.29) is 11.8 Å². The third-order valence-corrected chi connectivity index (χ3v) is 3.87. The number of nitrogens with one attached hydrogen (secondary N) is 1. The summed E-state index contributed by atoms with van der Waals surface area (Å²) in [4.78, 5) is 22.6. The Morgan fingerprint density at radius 2 is 1.89 bits per heavy atom. The van der Waals surface area contributed by atoms with E-state index in [0.29, 0.717) is 45.1 Å². The molecule has 2 rings (SSSR count). The first-order chi connectivity index (χ1) is 9.16. The molecule has 6 nitrogen and oxygen atoms in total. The number of amides is 1. The SMILES string of the molecule is O=C(O)C1CCC(CNC(=O)C2COCCO2)CC1. The van der Waals surface area contributed by atoms with Gasteiger partial charge >= 0.3 is 5.97 Å². The van der Waals surface area contributed by atoms with E-state index in [1.165, 1.54) is 0 Å². The summed E-state index contributed by atoms with van der Waals surface area (Å²) in [6, 6.07) is 0. The topological polar surface area (TPSA) is 84.9 Å². The van der Waals surface area contributed by atoms with Crippen molar-refractivity contribution in [3.8, 4) is 0 Å². The van der Waals surface area contributed by atoms with Gasteiger partial charge in [0.2, 0.25) is 0 Å². The third kappa shape index (κ3) is 4.18. The van der Waals surface area contributed by atoms with Gasteiger partial charge in [-0.1, -0.05) is 0 Å². The molecule has 6 heteroatoms. The van der Waals surface area contributed by atoms with Crippen LogP contribution in [-0.4, -0.2) is 49.5 Å². The molecule has 0 spiro atoms. The van der Waals surface area contributed by atoms with Crippen molar-refractivity contribution >= 4 is 11.9 Å². The van der Waals surface area contributed by atoms with Crippen molar-refractivity contribution < 1.29 is 24.2 Å². The monoisotopic (exact) mass is 271 g/mol.